The van der Waals surface area contributed by atoms with Gasteiger partial charge in [-0.1, -0.05) is 133 Å². The molecule has 0 N–H and O–H groups in total. The lowest BCUT2D eigenvalue weighted by molar-refractivity contribution is 0.438. The first kappa shape index (κ1) is 26.5. The van der Waals surface area contributed by atoms with Gasteiger partial charge in [-0.05, 0) is 74.2 Å². The molecule has 0 saturated carbocycles. The van der Waals surface area contributed by atoms with Gasteiger partial charge in [0.05, 0.1) is 5.41 Å². The van der Waals surface area contributed by atoms with E-state index in [4.69, 9.17) is 4.74 Å². The fraction of sp³-hybridized carbons (Fsp3) is 0.0233. The van der Waals surface area contributed by atoms with Gasteiger partial charge in [0, 0.05) is 46.0 Å². The lowest BCUT2D eigenvalue weighted by Crippen LogP contribution is -2.32. The third-order valence-corrected chi connectivity index (χ3v) is 11.9. The summed E-state index contributed by atoms with van der Waals surface area (Å²) in [6.07, 6.45) is 0. The predicted octanol–water partition coefficient (Wildman–Crippen LogP) is 12.5. The number of hydrogen-bond acceptors (Lipinski definition) is 2. The number of benzene rings is 7. The van der Waals surface area contributed by atoms with Crippen LogP contribution in [0.25, 0.3) is 53.6 Å². The maximum absolute atomic E-state index is 7.10. The minimum absolute atomic E-state index is 0.486. The zero-order valence-corrected chi connectivity index (χ0v) is 27.6. The van der Waals surface area contributed by atoms with Crippen molar-refractivity contribution in [3.63, 3.8) is 0 Å². The number of halogens is 1. The summed E-state index contributed by atoms with van der Waals surface area (Å²) in [5.41, 5.74) is 12.0. The first-order chi connectivity index (χ1) is 22.7. The van der Waals surface area contributed by atoms with Gasteiger partial charge >= 0.3 is 0 Å². The van der Waals surface area contributed by atoms with Gasteiger partial charge in [-0.25, -0.2) is 0 Å². The highest BCUT2D eigenvalue weighted by molar-refractivity contribution is 14.1. The second-order valence-corrected chi connectivity index (χ2v) is 14.3. The van der Waals surface area contributed by atoms with Gasteiger partial charge in [0.15, 0.2) is 0 Å². The monoisotopic (exact) mass is 716 g/mol. The molecule has 0 radical (unpaired) electrons. The lowest BCUT2D eigenvalue weighted by atomic mass is 9.65. The minimum Gasteiger partial charge on any atom is -0.456 e. The van der Waals surface area contributed by atoms with Crippen molar-refractivity contribution < 1.29 is 4.74 Å². The molecule has 0 amide bonds. The second-order valence-electron chi connectivity index (χ2n) is 12.1. The van der Waals surface area contributed by atoms with Crippen LogP contribution in [0.3, 0.4) is 0 Å². The third kappa shape index (κ3) is 3.45. The zero-order valence-electron chi connectivity index (χ0n) is 24.6. The quantitative estimate of drug-likeness (QED) is 0.162. The van der Waals surface area contributed by atoms with Gasteiger partial charge in [0.1, 0.15) is 11.5 Å². The number of fused-ring (bicyclic) bond motifs is 12. The van der Waals surface area contributed by atoms with E-state index in [1.165, 1.54) is 73.8 Å². The Hall–Kier alpha value is -4.71. The highest BCUT2D eigenvalue weighted by atomic mass is 127. The van der Waals surface area contributed by atoms with E-state index in [9.17, 15) is 0 Å². The van der Waals surface area contributed by atoms with E-state index in [1.54, 1.807) is 0 Å². The largest absolute Gasteiger partial charge is 0.456 e. The van der Waals surface area contributed by atoms with Crippen LogP contribution in [0.4, 0.5) is 0 Å². The summed E-state index contributed by atoms with van der Waals surface area (Å²) in [6.45, 7) is 0. The Morgan fingerprint density at radius 2 is 1.13 bits per heavy atom. The molecule has 0 fully saturated rings. The van der Waals surface area contributed by atoms with Gasteiger partial charge in [-0.3, -0.25) is 0 Å². The molecule has 1 spiro atoms. The van der Waals surface area contributed by atoms with E-state index in [0.717, 1.165) is 17.1 Å². The Morgan fingerprint density at radius 1 is 0.500 bits per heavy atom. The average Bonchev–Trinajstić information content (AvgIpc) is 3.64. The van der Waals surface area contributed by atoms with Crippen molar-refractivity contribution in [1.82, 2.24) is 0 Å². The molecular weight excluding hydrogens is 691 g/mol. The molecule has 46 heavy (non-hydrogen) atoms. The molecule has 0 atom stereocenters. The van der Waals surface area contributed by atoms with Crippen molar-refractivity contribution in [2.75, 3.05) is 0 Å². The highest BCUT2D eigenvalue weighted by Crippen LogP contribution is 2.64. The molecule has 7 aromatic carbocycles. The maximum Gasteiger partial charge on any atom is 0.141 e. The molecule has 0 saturated heterocycles. The Kier molecular flexibility index (Phi) is 5.70. The Labute approximate surface area is 284 Å². The van der Waals surface area contributed by atoms with E-state index in [-0.39, 0.29) is 0 Å². The van der Waals surface area contributed by atoms with E-state index >= 15 is 0 Å². The van der Waals surface area contributed by atoms with Crippen LogP contribution in [0.1, 0.15) is 22.3 Å². The van der Waals surface area contributed by atoms with Gasteiger partial charge in [-0.2, -0.15) is 0 Å². The zero-order chi connectivity index (χ0) is 30.4. The van der Waals surface area contributed by atoms with Crippen molar-refractivity contribution in [3.8, 4) is 44.9 Å². The summed E-state index contributed by atoms with van der Waals surface area (Å²) < 4.78 is 10.9. The van der Waals surface area contributed by atoms with Crippen molar-refractivity contribution in [1.29, 1.82) is 0 Å². The molecule has 1 aliphatic carbocycles. The molecule has 3 heteroatoms. The van der Waals surface area contributed by atoms with E-state index in [2.05, 4.69) is 174 Å². The van der Waals surface area contributed by atoms with E-state index in [1.807, 2.05) is 11.3 Å². The summed E-state index contributed by atoms with van der Waals surface area (Å²) in [7, 11) is 0. The molecule has 10 rings (SSSR count). The number of ether oxygens (including phenoxy) is 1. The summed E-state index contributed by atoms with van der Waals surface area (Å²) >= 11 is 4.40. The number of para-hydroxylation sites is 1. The van der Waals surface area contributed by atoms with Gasteiger partial charge in [-0.15, -0.1) is 11.3 Å². The van der Waals surface area contributed by atoms with Crippen molar-refractivity contribution in [2.24, 2.45) is 0 Å². The molecule has 2 aliphatic rings. The summed E-state index contributed by atoms with van der Waals surface area (Å²) in [5, 5.41) is 2.60. The maximum atomic E-state index is 7.10. The molecule has 8 aromatic rings. The predicted molar refractivity (Wildman–Crippen MR) is 200 cm³/mol. The molecule has 216 valence electrons. The molecule has 2 heterocycles. The topological polar surface area (TPSA) is 9.23 Å². The molecule has 1 nitrogen and oxygen atoms in total. The standard InChI is InChI=1S/C43H25IOS/c44-36-25-24-35-41(40(36)31-23-22-27(26-12-2-1-3-13-26)39-30-16-6-11-21-38(30)46-42(31)39)45-37-20-10-9-19-34(37)43(35)32-17-7-4-14-28(32)29-15-5-8-18-33(29)43/h1-25H. The third-order valence-electron chi connectivity index (χ3n) is 9.85. The Morgan fingerprint density at radius 3 is 1.91 bits per heavy atom. The van der Waals surface area contributed by atoms with Gasteiger partial charge in [0.25, 0.3) is 0 Å². The van der Waals surface area contributed by atoms with Gasteiger partial charge < -0.3 is 4.74 Å². The number of thiophene rings is 1. The van der Waals surface area contributed by atoms with Crippen LogP contribution in [0.15, 0.2) is 152 Å². The molecular formula is C43H25IOS. The molecule has 1 aliphatic heterocycles. The average molecular weight is 717 g/mol. The Balaban J connectivity index is 1.34. The van der Waals surface area contributed by atoms with Crippen molar-refractivity contribution in [3.05, 3.63) is 177 Å². The fourth-order valence-corrected chi connectivity index (χ4v) is 9.99. The number of rotatable bonds is 2. The fourth-order valence-electron chi connectivity index (χ4n) is 8.03. The molecule has 0 unspecified atom stereocenters. The van der Waals surface area contributed by atoms with Crippen LogP contribution in [0.2, 0.25) is 0 Å². The first-order valence-electron chi connectivity index (χ1n) is 15.5. The Bertz CT molecular complexity index is 2480. The van der Waals surface area contributed by atoms with Crippen LogP contribution in [0, 0.1) is 3.57 Å². The summed E-state index contributed by atoms with van der Waals surface area (Å²) in [6, 6.07) is 55.3. The summed E-state index contributed by atoms with van der Waals surface area (Å²) in [5.74, 6) is 1.86. The smallest absolute Gasteiger partial charge is 0.141 e. The van der Waals surface area contributed by atoms with Crippen LogP contribution in [-0.4, -0.2) is 0 Å². The molecule has 1 aromatic heterocycles. The van der Waals surface area contributed by atoms with Crippen LogP contribution < -0.4 is 4.74 Å². The van der Waals surface area contributed by atoms with Crippen molar-refractivity contribution >= 4 is 54.1 Å². The minimum atomic E-state index is -0.486. The SMILES string of the molecule is Ic1ccc2c(c1-c1ccc(-c3ccccc3)c3c1sc1ccccc13)Oc1ccccc1C21c2ccccc2-c2ccccc21. The normalized spacial score (nSPS) is 13.7. The number of hydrogen-bond donors (Lipinski definition) is 0. The highest BCUT2D eigenvalue weighted by Gasteiger charge is 2.51. The van der Waals surface area contributed by atoms with Crippen LogP contribution >= 0.6 is 33.9 Å². The van der Waals surface area contributed by atoms with Crippen molar-refractivity contribution in [2.45, 2.75) is 5.41 Å². The second kappa shape index (κ2) is 9.89. The van der Waals surface area contributed by atoms with Gasteiger partial charge in [0.2, 0.25) is 0 Å². The first-order valence-corrected chi connectivity index (χ1v) is 17.4. The lowest BCUT2D eigenvalue weighted by Gasteiger charge is -2.40. The van der Waals surface area contributed by atoms with Crippen LogP contribution in [0.5, 0.6) is 11.5 Å². The summed E-state index contributed by atoms with van der Waals surface area (Å²) in [4.78, 5) is 0. The van der Waals surface area contributed by atoms with E-state index < -0.39 is 5.41 Å². The molecule has 0 bridgehead atoms. The van der Waals surface area contributed by atoms with E-state index in [0.29, 0.717) is 0 Å². The van der Waals surface area contributed by atoms with Crippen LogP contribution in [-0.2, 0) is 5.41 Å².